The Morgan fingerprint density at radius 3 is 2.65 bits per heavy atom. The van der Waals surface area contributed by atoms with E-state index >= 15 is 0 Å². The summed E-state index contributed by atoms with van der Waals surface area (Å²) in [7, 11) is 0. The van der Waals surface area contributed by atoms with Crippen molar-refractivity contribution in [3.05, 3.63) is 48.9 Å². The summed E-state index contributed by atoms with van der Waals surface area (Å²) in [5, 5.41) is 10.0. The Kier molecular flexibility index (Phi) is 10.2. The SMILES string of the molecule is [CH2-]CC/C=C\C[C@@H]1[C@@H](COc2cccc(C(F)(F)F)c2)[C@H](O)C[C@H]1Cl.[Y]. The molecule has 1 aromatic carbocycles. The van der Waals surface area contributed by atoms with Crippen molar-refractivity contribution in [3.63, 3.8) is 0 Å². The largest absolute Gasteiger partial charge is 0.493 e. The van der Waals surface area contributed by atoms with Gasteiger partial charge in [-0.15, -0.1) is 11.6 Å². The number of aliphatic hydroxyl groups excluding tert-OH is 1. The van der Waals surface area contributed by atoms with E-state index in [1.165, 1.54) is 12.1 Å². The van der Waals surface area contributed by atoms with Crippen molar-refractivity contribution < 1.29 is 55.7 Å². The van der Waals surface area contributed by atoms with Crippen molar-refractivity contribution in [2.75, 3.05) is 6.61 Å². The molecule has 1 radical (unpaired) electrons. The minimum absolute atomic E-state index is 0. The van der Waals surface area contributed by atoms with E-state index in [2.05, 4.69) is 6.92 Å². The molecule has 1 saturated carbocycles. The van der Waals surface area contributed by atoms with E-state index in [1.54, 1.807) is 0 Å². The molecule has 143 valence electrons. The molecule has 2 nitrogen and oxygen atoms in total. The van der Waals surface area contributed by atoms with Gasteiger partial charge in [0.05, 0.1) is 18.3 Å². The molecule has 0 aliphatic heterocycles. The molecule has 0 aromatic heterocycles. The van der Waals surface area contributed by atoms with E-state index in [0.717, 1.165) is 25.0 Å². The summed E-state index contributed by atoms with van der Waals surface area (Å²) >= 11 is 6.34. The van der Waals surface area contributed by atoms with Gasteiger partial charge in [-0.05, 0) is 37.0 Å². The fourth-order valence-corrected chi connectivity index (χ4v) is 3.61. The minimum Gasteiger partial charge on any atom is -0.493 e. The average molecular weight is 465 g/mol. The third-order valence-corrected chi connectivity index (χ3v) is 5.03. The van der Waals surface area contributed by atoms with Crippen molar-refractivity contribution in [3.8, 4) is 5.75 Å². The fourth-order valence-electron chi connectivity index (χ4n) is 3.13. The van der Waals surface area contributed by atoms with Crippen LogP contribution in [0.2, 0.25) is 0 Å². The molecule has 26 heavy (non-hydrogen) atoms. The van der Waals surface area contributed by atoms with Crippen LogP contribution in [0.4, 0.5) is 13.2 Å². The Bertz CT molecular complexity index is 580. The summed E-state index contributed by atoms with van der Waals surface area (Å²) in [6.07, 6.45) is 1.92. The first-order valence-electron chi connectivity index (χ1n) is 8.39. The number of allylic oxidation sites excluding steroid dienone is 2. The first-order valence-corrected chi connectivity index (χ1v) is 8.83. The fraction of sp³-hybridized carbons (Fsp3) is 0.526. The number of unbranched alkanes of at least 4 members (excludes halogenated alkanes) is 1. The van der Waals surface area contributed by atoms with Crippen LogP contribution < -0.4 is 4.74 Å². The van der Waals surface area contributed by atoms with Gasteiger partial charge in [-0.25, -0.2) is 0 Å². The maximum absolute atomic E-state index is 12.8. The zero-order valence-corrected chi connectivity index (χ0v) is 18.1. The maximum atomic E-state index is 12.8. The number of hydrogen-bond donors (Lipinski definition) is 1. The third-order valence-electron chi connectivity index (χ3n) is 4.52. The van der Waals surface area contributed by atoms with Crippen LogP contribution in [0.15, 0.2) is 36.4 Å². The standard InChI is InChI=1S/C19H23ClF3O2.Y/c1-2-3-4-5-9-15-16(18(24)11-17(15)20)12-25-14-8-6-7-13(10-14)19(21,22)23;/h4-8,10,15-18,24H,1-3,9,11-12H2;/q-1;/b5-4-;/t15-,16-,17-,18-;/m1./s1. The van der Waals surface area contributed by atoms with Gasteiger partial charge in [0.25, 0.3) is 0 Å². The van der Waals surface area contributed by atoms with Crippen LogP contribution in [0, 0.1) is 18.8 Å². The Balaban J connectivity index is 0.00000338. The molecule has 0 amide bonds. The number of halogens is 4. The molecular formula is C19H23ClF3O2Y-. The predicted molar refractivity (Wildman–Crippen MR) is 92.5 cm³/mol. The molecule has 1 aliphatic rings. The molecule has 7 heteroatoms. The average Bonchev–Trinajstić information content (AvgIpc) is 2.82. The molecule has 1 aliphatic carbocycles. The summed E-state index contributed by atoms with van der Waals surface area (Å²) < 4.78 is 43.8. The van der Waals surface area contributed by atoms with Crippen LogP contribution >= 0.6 is 11.6 Å². The van der Waals surface area contributed by atoms with E-state index in [4.69, 9.17) is 16.3 Å². The quantitative estimate of drug-likeness (QED) is 0.339. The van der Waals surface area contributed by atoms with Crippen molar-refractivity contribution in [2.24, 2.45) is 11.8 Å². The number of hydrogen-bond acceptors (Lipinski definition) is 2. The van der Waals surface area contributed by atoms with Gasteiger partial charge < -0.3 is 16.8 Å². The summed E-state index contributed by atoms with van der Waals surface area (Å²) in [5.74, 6) is -0.0311. The van der Waals surface area contributed by atoms with Gasteiger partial charge in [0, 0.05) is 44.0 Å². The van der Waals surface area contributed by atoms with Crippen molar-refractivity contribution in [2.45, 2.75) is 43.3 Å². The van der Waals surface area contributed by atoms with Crippen LogP contribution in [0.5, 0.6) is 5.75 Å². The Labute approximate surface area is 183 Å². The maximum Gasteiger partial charge on any atom is 0.416 e. The topological polar surface area (TPSA) is 29.5 Å². The van der Waals surface area contributed by atoms with Crippen LogP contribution in [0.1, 0.15) is 31.2 Å². The van der Waals surface area contributed by atoms with Crippen molar-refractivity contribution in [1.29, 1.82) is 0 Å². The summed E-state index contributed by atoms with van der Waals surface area (Å²) in [6, 6.07) is 4.77. The van der Waals surface area contributed by atoms with Crippen LogP contribution in [0.25, 0.3) is 0 Å². The van der Waals surface area contributed by atoms with Crippen LogP contribution in [-0.2, 0) is 38.9 Å². The monoisotopic (exact) mass is 464 g/mol. The Morgan fingerprint density at radius 2 is 2.00 bits per heavy atom. The van der Waals surface area contributed by atoms with E-state index in [9.17, 15) is 18.3 Å². The summed E-state index contributed by atoms with van der Waals surface area (Å²) in [6.45, 7) is 3.91. The summed E-state index contributed by atoms with van der Waals surface area (Å²) in [4.78, 5) is 0. The van der Waals surface area contributed by atoms with Gasteiger partial charge in [-0.2, -0.15) is 19.6 Å². The van der Waals surface area contributed by atoms with Gasteiger partial charge in [-0.1, -0.05) is 24.6 Å². The molecule has 0 saturated heterocycles. The zero-order valence-electron chi connectivity index (χ0n) is 14.5. The number of rotatable bonds is 7. The minimum atomic E-state index is -4.41. The van der Waals surface area contributed by atoms with E-state index in [0.29, 0.717) is 12.8 Å². The predicted octanol–water partition coefficient (Wildman–Crippen LogP) is 5.25. The molecule has 1 aromatic rings. The number of alkyl halides is 4. The number of benzene rings is 1. The molecular weight excluding hydrogens is 442 g/mol. The Morgan fingerprint density at radius 1 is 1.27 bits per heavy atom. The molecule has 2 rings (SSSR count). The van der Waals surface area contributed by atoms with Gasteiger partial charge in [-0.3, -0.25) is 0 Å². The van der Waals surface area contributed by atoms with Gasteiger partial charge >= 0.3 is 6.18 Å². The second kappa shape index (κ2) is 11.0. The first-order chi connectivity index (χ1) is 11.8. The number of aliphatic hydroxyl groups is 1. The summed E-state index contributed by atoms with van der Waals surface area (Å²) in [5.41, 5.74) is -0.750. The zero-order chi connectivity index (χ0) is 18.4. The van der Waals surface area contributed by atoms with Crippen LogP contribution in [0.3, 0.4) is 0 Å². The van der Waals surface area contributed by atoms with E-state index in [-0.39, 0.29) is 62.3 Å². The number of ether oxygens (including phenoxy) is 1. The van der Waals surface area contributed by atoms with Gasteiger partial charge in [0.2, 0.25) is 0 Å². The molecule has 4 atom stereocenters. The molecule has 0 heterocycles. The molecule has 0 bridgehead atoms. The second-order valence-electron chi connectivity index (χ2n) is 6.33. The normalized spacial score (nSPS) is 26.1. The first kappa shape index (κ1) is 23.9. The van der Waals surface area contributed by atoms with Gasteiger partial charge in [0.1, 0.15) is 5.75 Å². The van der Waals surface area contributed by atoms with Crippen molar-refractivity contribution >= 4 is 11.6 Å². The molecule has 0 unspecified atom stereocenters. The third kappa shape index (κ3) is 6.81. The molecule has 1 fully saturated rings. The van der Waals surface area contributed by atoms with Crippen LogP contribution in [-0.4, -0.2) is 23.2 Å². The smallest absolute Gasteiger partial charge is 0.416 e. The Hall–Kier alpha value is -0.0961. The van der Waals surface area contributed by atoms with E-state index in [1.807, 2.05) is 12.2 Å². The molecule has 1 N–H and O–H groups in total. The van der Waals surface area contributed by atoms with E-state index < -0.39 is 17.8 Å². The van der Waals surface area contributed by atoms with Crippen molar-refractivity contribution in [1.82, 2.24) is 0 Å². The molecule has 0 spiro atoms. The second-order valence-corrected chi connectivity index (χ2v) is 6.89. The van der Waals surface area contributed by atoms with Gasteiger partial charge in [0.15, 0.2) is 0 Å².